The van der Waals surface area contributed by atoms with Crippen molar-refractivity contribution in [3.05, 3.63) is 29.3 Å². The number of nitrogens with zero attached hydrogens (tertiary/aromatic N) is 3. The van der Waals surface area contributed by atoms with Crippen LogP contribution in [0.25, 0.3) is 0 Å². The zero-order valence-electron chi connectivity index (χ0n) is 19.4. The second kappa shape index (κ2) is 10.8. The highest BCUT2D eigenvalue weighted by Gasteiger charge is 2.45. The van der Waals surface area contributed by atoms with Crippen LogP contribution in [0.5, 0.6) is 0 Å². The van der Waals surface area contributed by atoms with Crippen molar-refractivity contribution in [2.24, 2.45) is 5.92 Å². The topological polar surface area (TPSA) is 70.2 Å². The molecule has 0 aromatic heterocycles. The third-order valence-corrected chi connectivity index (χ3v) is 9.16. The first-order chi connectivity index (χ1) is 16.5. The maximum Gasteiger partial charge on any atom is 0.409 e. The number of benzene rings is 1. The lowest BCUT2D eigenvalue weighted by molar-refractivity contribution is -0.147. The van der Waals surface area contributed by atoms with Crippen LogP contribution in [0.2, 0.25) is 5.02 Å². The maximum atomic E-state index is 13.4. The van der Waals surface area contributed by atoms with Crippen molar-refractivity contribution in [1.82, 2.24) is 14.1 Å². The molecule has 196 valence electrons. The average Bonchev–Trinajstić information content (AvgIpc) is 3.61. The quantitative estimate of drug-likeness (QED) is 0.516. The van der Waals surface area contributed by atoms with Gasteiger partial charge in [0.25, 0.3) is 0 Å². The zero-order chi connectivity index (χ0) is 25.2. The minimum absolute atomic E-state index is 0.0831. The summed E-state index contributed by atoms with van der Waals surface area (Å²) < 4.78 is 73.2. The van der Waals surface area contributed by atoms with Crippen LogP contribution in [0.1, 0.15) is 38.5 Å². The van der Waals surface area contributed by atoms with Crippen molar-refractivity contribution in [2.45, 2.75) is 61.7 Å². The fourth-order valence-electron chi connectivity index (χ4n) is 4.92. The second-order valence-electron chi connectivity index (χ2n) is 9.65. The molecule has 1 aromatic carbocycles. The first-order valence-electron chi connectivity index (χ1n) is 12.0. The highest BCUT2D eigenvalue weighted by atomic mass is 35.5. The second-order valence-corrected chi connectivity index (χ2v) is 11.9. The lowest BCUT2D eigenvalue weighted by Gasteiger charge is -2.41. The van der Waals surface area contributed by atoms with Gasteiger partial charge in [-0.3, -0.25) is 4.90 Å². The van der Waals surface area contributed by atoms with Crippen LogP contribution in [0, 0.1) is 5.92 Å². The van der Waals surface area contributed by atoms with Crippen molar-refractivity contribution in [2.75, 3.05) is 39.3 Å². The number of hydrogen-bond acceptors (Lipinski definition) is 5. The van der Waals surface area contributed by atoms with Gasteiger partial charge in [-0.05, 0) is 55.9 Å². The Morgan fingerprint density at radius 1 is 1.00 bits per heavy atom. The molecule has 1 aliphatic carbocycles. The summed E-state index contributed by atoms with van der Waals surface area (Å²) in [5, 5.41) is 0.317. The molecule has 0 N–H and O–H groups in total. The molecule has 1 amide bonds. The van der Waals surface area contributed by atoms with Crippen molar-refractivity contribution < 1.29 is 31.1 Å². The van der Waals surface area contributed by atoms with Crippen LogP contribution >= 0.6 is 11.6 Å². The Hall–Kier alpha value is -1.56. The van der Waals surface area contributed by atoms with Gasteiger partial charge in [0.1, 0.15) is 6.61 Å². The van der Waals surface area contributed by atoms with Gasteiger partial charge in [0, 0.05) is 43.8 Å². The van der Waals surface area contributed by atoms with Crippen LogP contribution in [-0.2, 0) is 14.8 Å². The highest BCUT2D eigenvalue weighted by Crippen LogP contribution is 2.36. The fraction of sp³-hybridized carbons (Fsp3) is 0.696. The normalized spacial score (nSPS) is 25.0. The molecule has 0 bridgehead atoms. The molecule has 3 aliphatic rings. The van der Waals surface area contributed by atoms with E-state index in [4.69, 9.17) is 16.3 Å². The number of alkyl halides is 3. The van der Waals surface area contributed by atoms with Crippen LogP contribution < -0.4 is 0 Å². The summed E-state index contributed by atoms with van der Waals surface area (Å²) in [6.45, 7) is 3.28. The third-order valence-electron chi connectivity index (χ3n) is 6.89. The predicted octanol–water partition coefficient (Wildman–Crippen LogP) is 4.37. The summed E-state index contributed by atoms with van der Waals surface area (Å²) >= 11 is 5.86. The van der Waals surface area contributed by atoms with Crippen LogP contribution in [0.3, 0.4) is 0 Å². The molecule has 1 aromatic rings. The molecular weight excluding hydrogens is 507 g/mol. The largest absolute Gasteiger partial charge is 0.448 e. The van der Waals surface area contributed by atoms with Gasteiger partial charge in [-0.2, -0.15) is 17.5 Å². The van der Waals surface area contributed by atoms with Crippen molar-refractivity contribution in [1.29, 1.82) is 0 Å². The van der Waals surface area contributed by atoms with Gasteiger partial charge in [-0.25, -0.2) is 13.2 Å². The number of sulfonamides is 1. The SMILES string of the molecule is O=C(OC[C@@H]1CCC[C@H](CC(F)(F)F)N1S(=O)(=O)c1ccc(Cl)cc1)N1CCN(CC2CC2)CC1. The molecule has 0 unspecified atom stereocenters. The molecule has 2 aliphatic heterocycles. The van der Waals surface area contributed by atoms with E-state index in [0.717, 1.165) is 29.9 Å². The Morgan fingerprint density at radius 2 is 1.63 bits per heavy atom. The van der Waals surface area contributed by atoms with Gasteiger partial charge in [-0.15, -0.1) is 0 Å². The molecule has 4 rings (SSSR count). The van der Waals surface area contributed by atoms with Gasteiger partial charge in [0.2, 0.25) is 10.0 Å². The molecule has 35 heavy (non-hydrogen) atoms. The lowest BCUT2D eigenvalue weighted by atomic mass is 9.96. The van der Waals surface area contributed by atoms with Crippen molar-refractivity contribution in [3.63, 3.8) is 0 Å². The first kappa shape index (κ1) is 26.5. The Morgan fingerprint density at radius 3 is 2.23 bits per heavy atom. The minimum atomic E-state index is -4.53. The number of piperidine rings is 1. The Bertz CT molecular complexity index is 981. The van der Waals surface area contributed by atoms with E-state index in [-0.39, 0.29) is 17.9 Å². The van der Waals surface area contributed by atoms with E-state index in [1.54, 1.807) is 4.90 Å². The zero-order valence-corrected chi connectivity index (χ0v) is 21.0. The lowest BCUT2D eigenvalue weighted by Crippen LogP contribution is -2.54. The van der Waals surface area contributed by atoms with Gasteiger partial charge in [0.15, 0.2) is 0 Å². The van der Waals surface area contributed by atoms with Gasteiger partial charge in [0.05, 0.1) is 17.4 Å². The standard InChI is InChI=1S/C23H31ClF3N3O4S/c24-18-6-8-21(9-7-18)35(32,33)30-19(14-23(25,26)27)2-1-3-20(30)16-34-22(31)29-12-10-28(11-13-29)15-17-4-5-17/h6-9,17,19-20H,1-5,10-16H2/t19-,20+/m1/s1. The van der Waals surface area contributed by atoms with Gasteiger partial charge >= 0.3 is 12.3 Å². The van der Waals surface area contributed by atoms with E-state index in [0.29, 0.717) is 31.0 Å². The summed E-state index contributed by atoms with van der Waals surface area (Å²) in [5.74, 6) is 0.762. The average molecular weight is 538 g/mol. The Labute approximate surface area is 209 Å². The first-order valence-corrected chi connectivity index (χ1v) is 13.8. The van der Waals surface area contributed by atoms with E-state index in [2.05, 4.69) is 4.90 Å². The number of hydrogen-bond donors (Lipinski definition) is 0. The van der Waals surface area contributed by atoms with E-state index in [1.807, 2.05) is 0 Å². The minimum Gasteiger partial charge on any atom is -0.448 e. The number of carbonyl (C=O) groups excluding carboxylic acids is 1. The molecule has 7 nitrogen and oxygen atoms in total. The number of halogens is 4. The van der Waals surface area contributed by atoms with Crippen LogP contribution in [0.4, 0.5) is 18.0 Å². The fourth-order valence-corrected chi connectivity index (χ4v) is 6.90. The Balaban J connectivity index is 1.44. The number of piperazine rings is 1. The summed E-state index contributed by atoms with van der Waals surface area (Å²) in [5.41, 5.74) is 0. The molecule has 0 spiro atoms. The number of amides is 1. The number of carbonyl (C=O) groups is 1. The molecule has 2 heterocycles. The smallest absolute Gasteiger partial charge is 0.409 e. The number of ether oxygens (including phenoxy) is 1. The summed E-state index contributed by atoms with van der Waals surface area (Å²) in [6.07, 6.45) is -3.02. The van der Waals surface area contributed by atoms with Crippen LogP contribution in [-0.4, -0.2) is 86.2 Å². The predicted molar refractivity (Wildman–Crippen MR) is 125 cm³/mol. The number of rotatable bonds is 7. The molecule has 12 heteroatoms. The van der Waals surface area contributed by atoms with Gasteiger partial charge < -0.3 is 9.64 Å². The molecule has 2 saturated heterocycles. The third kappa shape index (κ3) is 7.02. The molecule has 0 radical (unpaired) electrons. The van der Waals surface area contributed by atoms with E-state index >= 15 is 0 Å². The molecule has 2 atom stereocenters. The van der Waals surface area contributed by atoms with E-state index < -0.39 is 40.8 Å². The van der Waals surface area contributed by atoms with Crippen LogP contribution in [0.15, 0.2) is 29.2 Å². The molecular formula is C23H31ClF3N3O4S. The Kier molecular flexibility index (Phi) is 8.19. The maximum absolute atomic E-state index is 13.4. The van der Waals surface area contributed by atoms with Gasteiger partial charge in [-0.1, -0.05) is 18.0 Å². The summed E-state index contributed by atoms with van der Waals surface area (Å²) in [7, 11) is -4.27. The molecule has 1 saturated carbocycles. The van der Waals surface area contributed by atoms with E-state index in [1.165, 1.54) is 37.1 Å². The summed E-state index contributed by atoms with van der Waals surface area (Å²) in [6, 6.07) is 3.18. The molecule has 3 fully saturated rings. The highest BCUT2D eigenvalue weighted by molar-refractivity contribution is 7.89. The van der Waals surface area contributed by atoms with Crippen molar-refractivity contribution >= 4 is 27.7 Å². The van der Waals surface area contributed by atoms with E-state index in [9.17, 15) is 26.4 Å². The monoisotopic (exact) mass is 537 g/mol. The van der Waals surface area contributed by atoms with Crippen molar-refractivity contribution in [3.8, 4) is 0 Å². The summed E-state index contributed by atoms with van der Waals surface area (Å²) in [4.78, 5) is 16.4.